The molecule has 0 saturated carbocycles. The van der Waals surface area contributed by atoms with E-state index in [0.29, 0.717) is 0 Å². The minimum absolute atomic E-state index is 0.735. The third-order valence-electron chi connectivity index (χ3n) is 3.52. The summed E-state index contributed by atoms with van der Waals surface area (Å²) in [5.74, 6) is 0. The lowest BCUT2D eigenvalue weighted by atomic mass is 10.1. The third-order valence-corrected chi connectivity index (χ3v) is 3.75. The van der Waals surface area contributed by atoms with Crippen LogP contribution in [0.4, 0.5) is 0 Å². The van der Waals surface area contributed by atoms with Crippen LogP contribution in [0.3, 0.4) is 0 Å². The first-order valence-corrected chi connectivity index (χ1v) is 6.82. The summed E-state index contributed by atoms with van der Waals surface area (Å²) in [7, 11) is 0. The Hall–Kier alpha value is -2.32. The molecule has 20 heavy (non-hydrogen) atoms. The van der Waals surface area contributed by atoms with Gasteiger partial charge in [0, 0.05) is 33.1 Å². The van der Waals surface area contributed by atoms with Gasteiger partial charge < -0.3 is 4.98 Å². The summed E-state index contributed by atoms with van der Waals surface area (Å²) in [5.41, 5.74) is 4.10. The molecule has 0 unspecified atom stereocenters. The van der Waals surface area contributed by atoms with Crippen LogP contribution in [0.25, 0.3) is 33.1 Å². The lowest BCUT2D eigenvalue weighted by Crippen LogP contribution is -1.83. The Morgan fingerprint density at radius 1 is 0.950 bits per heavy atom. The molecule has 2 heterocycles. The van der Waals surface area contributed by atoms with E-state index in [2.05, 4.69) is 17.1 Å². The average molecular weight is 279 g/mol. The largest absolute Gasteiger partial charge is 0.360 e. The highest BCUT2D eigenvalue weighted by Crippen LogP contribution is 2.30. The number of para-hydroxylation sites is 1. The predicted octanol–water partition coefficient (Wildman–Crippen LogP) is 5.04. The number of pyridine rings is 1. The number of fused-ring (bicyclic) bond motifs is 2. The molecule has 3 heteroatoms. The highest BCUT2D eigenvalue weighted by atomic mass is 35.5. The molecule has 0 amide bonds. The Morgan fingerprint density at radius 2 is 1.85 bits per heavy atom. The fourth-order valence-electron chi connectivity index (χ4n) is 2.52. The second kappa shape index (κ2) is 4.36. The molecule has 2 nitrogen and oxygen atoms in total. The monoisotopic (exact) mass is 278 g/mol. The van der Waals surface area contributed by atoms with Crippen LogP contribution in [-0.4, -0.2) is 9.97 Å². The predicted molar refractivity (Wildman–Crippen MR) is 84.0 cm³/mol. The van der Waals surface area contributed by atoms with Crippen LogP contribution in [0.15, 0.2) is 60.8 Å². The van der Waals surface area contributed by atoms with E-state index < -0.39 is 0 Å². The van der Waals surface area contributed by atoms with Gasteiger partial charge in [0.05, 0.1) is 11.2 Å². The van der Waals surface area contributed by atoms with Gasteiger partial charge >= 0.3 is 0 Å². The highest BCUT2D eigenvalue weighted by molar-refractivity contribution is 6.31. The quantitative estimate of drug-likeness (QED) is 0.519. The van der Waals surface area contributed by atoms with Crippen molar-refractivity contribution in [3.63, 3.8) is 0 Å². The standard InChI is InChI=1S/C17H11ClN2/c18-12-6-8-16-13(9-12)14(10-19-16)17-7-5-11-3-1-2-4-15(11)20-17/h1-10,19H. The van der Waals surface area contributed by atoms with Gasteiger partial charge in [0.1, 0.15) is 0 Å². The number of halogens is 1. The van der Waals surface area contributed by atoms with Crippen molar-refractivity contribution in [1.82, 2.24) is 9.97 Å². The number of H-pyrrole nitrogens is 1. The summed E-state index contributed by atoms with van der Waals surface area (Å²) in [6.45, 7) is 0. The van der Waals surface area contributed by atoms with E-state index in [1.807, 2.05) is 48.7 Å². The van der Waals surface area contributed by atoms with Crippen molar-refractivity contribution >= 4 is 33.4 Å². The molecule has 4 aromatic rings. The third kappa shape index (κ3) is 1.77. The smallest absolute Gasteiger partial charge is 0.0731 e. The summed E-state index contributed by atoms with van der Waals surface area (Å²) in [5, 5.41) is 2.98. The Kier molecular flexibility index (Phi) is 2.51. The minimum Gasteiger partial charge on any atom is -0.360 e. The van der Waals surface area contributed by atoms with Crippen LogP contribution < -0.4 is 0 Å². The van der Waals surface area contributed by atoms with Gasteiger partial charge in [0.25, 0.3) is 0 Å². The molecule has 0 bridgehead atoms. The molecular formula is C17H11ClN2. The number of rotatable bonds is 1. The average Bonchev–Trinajstić information content (AvgIpc) is 2.89. The number of nitrogens with zero attached hydrogens (tertiary/aromatic N) is 1. The fourth-order valence-corrected chi connectivity index (χ4v) is 2.69. The Bertz CT molecular complexity index is 924. The van der Waals surface area contributed by atoms with Gasteiger partial charge in [-0.3, -0.25) is 0 Å². The molecule has 0 aliphatic rings. The number of aromatic nitrogens is 2. The molecule has 0 saturated heterocycles. The van der Waals surface area contributed by atoms with Crippen LogP contribution in [-0.2, 0) is 0 Å². The molecule has 4 rings (SSSR count). The van der Waals surface area contributed by atoms with Crippen LogP contribution in [0.1, 0.15) is 0 Å². The van der Waals surface area contributed by atoms with Crippen LogP contribution >= 0.6 is 11.6 Å². The van der Waals surface area contributed by atoms with E-state index in [9.17, 15) is 0 Å². The van der Waals surface area contributed by atoms with E-state index in [4.69, 9.17) is 16.6 Å². The van der Waals surface area contributed by atoms with Gasteiger partial charge in [-0.2, -0.15) is 0 Å². The Morgan fingerprint density at radius 3 is 2.80 bits per heavy atom. The normalized spacial score (nSPS) is 11.2. The van der Waals surface area contributed by atoms with Gasteiger partial charge in [-0.25, -0.2) is 4.98 Å². The zero-order valence-electron chi connectivity index (χ0n) is 10.6. The molecule has 1 N–H and O–H groups in total. The van der Waals surface area contributed by atoms with E-state index in [0.717, 1.165) is 38.1 Å². The van der Waals surface area contributed by atoms with Crippen LogP contribution in [0.5, 0.6) is 0 Å². The summed E-state index contributed by atoms with van der Waals surface area (Å²) in [4.78, 5) is 8.00. The first-order chi connectivity index (χ1) is 9.81. The van der Waals surface area contributed by atoms with Crippen molar-refractivity contribution in [2.45, 2.75) is 0 Å². The zero-order valence-corrected chi connectivity index (χ0v) is 11.4. The number of nitrogens with one attached hydrogen (secondary N) is 1. The van der Waals surface area contributed by atoms with Crippen LogP contribution in [0, 0.1) is 0 Å². The molecule has 0 aliphatic heterocycles. The van der Waals surface area contributed by atoms with Crippen molar-refractivity contribution in [2.75, 3.05) is 0 Å². The van der Waals surface area contributed by atoms with E-state index in [1.165, 1.54) is 0 Å². The number of aromatic amines is 1. The van der Waals surface area contributed by atoms with Gasteiger partial charge in [0.15, 0.2) is 0 Å². The first kappa shape index (κ1) is 11.5. The minimum atomic E-state index is 0.735. The first-order valence-electron chi connectivity index (χ1n) is 6.44. The zero-order chi connectivity index (χ0) is 13.5. The lowest BCUT2D eigenvalue weighted by Gasteiger charge is -2.02. The number of benzene rings is 2. The Labute approximate surface area is 121 Å². The molecule has 2 aromatic heterocycles. The summed E-state index contributed by atoms with van der Waals surface area (Å²) < 4.78 is 0. The highest BCUT2D eigenvalue weighted by Gasteiger charge is 2.08. The van der Waals surface area contributed by atoms with E-state index >= 15 is 0 Å². The molecule has 0 radical (unpaired) electrons. The van der Waals surface area contributed by atoms with Crippen LogP contribution in [0.2, 0.25) is 5.02 Å². The Balaban J connectivity index is 1.98. The van der Waals surface area contributed by atoms with Crippen molar-refractivity contribution < 1.29 is 0 Å². The fraction of sp³-hybridized carbons (Fsp3) is 0. The number of hydrogen-bond acceptors (Lipinski definition) is 1. The van der Waals surface area contributed by atoms with E-state index in [1.54, 1.807) is 0 Å². The summed E-state index contributed by atoms with van der Waals surface area (Å²) >= 11 is 6.10. The second-order valence-corrected chi connectivity index (χ2v) is 5.22. The maximum absolute atomic E-state index is 6.10. The van der Waals surface area contributed by atoms with Gasteiger partial charge in [-0.15, -0.1) is 0 Å². The van der Waals surface area contributed by atoms with E-state index in [-0.39, 0.29) is 0 Å². The maximum Gasteiger partial charge on any atom is 0.0731 e. The summed E-state index contributed by atoms with van der Waals surface area (Å²) in [6.07, 6.45) is 1.98. The van der Waals surface area contributed by atoms with Crippen molar-refractivity contribution in [3.05, 3.63) is 65.8 Å². The topological polar surface area (TPSA) is 28.7 Å². The van der Waals surface area contributed by atoms with Gasteiger partial charge in [0.2, 0.25) is 0 Å². The number of hydrogen-bond donors (Lipinski definition) is 1. The van der Waals surface area contributed by atoms with Crippen molar-refractivity contribution in [2.24, 2.45) is 0 Å². The molecule has 0 aliphatic carbocycles. The molecule has 96 valence electrons. The second-order valence-electron chi connectivity index (χ2n) is 4.78. The summed E-state index contributed by atoms with van der Waals surface area (Å²) in [6, 6.07) is 18.1. The lowest BCUT2D eigenvalue weighted by molar-refractivity contribution is 1.40. The van der Waals surface area contributed by atoms with Crippen molar-refractivity contribution in [1.29, 1.82) is 0 Å². The molecule has 2 aromatic carbocycles. The molecular weight excluding hydrogens is 268 g/mol. The van der Waals surface area contributed by atoms with Crippen molar-refractivity contribution in [3.8, 4) is 11.3 Å². The molecule has 0 fully saturated rings. The van der Waals surface area contributed by atoms with Gasteiger partial charge in [-0.1, -0.05) is 35.9 Å². The maximum atomic E-state index is 6.10. The molecule has 0 atom stereocenters. The molecule has 0 spiro atoms. The van der Waals surface area contributed by atoms with Gasteiger partial charge in [-0.05, 0) is 30.3 Å². The SMILES string of the molecule is Clc1ccc2[nH]cc(-c3ccc4ccccc4n3)c2c1.